The Morgan fingerprint density at radius 2 is 2.21 bits per heavy atom. The molecule has 19 heavy (non-hydrogen) atoms. The molecule has 1 aromatic heterocycles. The Hall–Kier alpha value is -1.91. The summed E-state index contributed by atoms with van der Waals surface area (Å²) in [5.41, 5.74) is 0.165. The normalized spacial score (nSPS) is 9.89. The average Bonchev–Trinajstić information content (AvgIpc) is 2.41. The lowest BCUT2D eigenvalue weighted by Gasteiger charge is -2.04. The van der Waals surface area contributed by atoms with Crippen molar-refractivity contribution in [2.45, 2.75) is 9.92 Å². The van der Waals surface area contributed by atoms with Gasteiger partial charge in [-0.3, -0.25) is 10.1 Å². The summed E-state index contributed by atoms with van der Waals surface area (Å²) < 4.78 is 0.808. The Morgan fingerprint density at radius 1 is 1.42 bits per heavy atom. The standard InChI is InChI=1S/C12H6BrN3O2S/c13-10-2-1-5-15-12(10)19-11-4-3-9(16(17)18)6-8(11)7-14/h1-6H. The number of benzene rings is 1. The molecule has 0 bridgehead atoms. The molecular formula is C12H6BrN3O2S. The maximum absolute atomic E-state index is 10.7. The molecule has 0 aliphatic carbocycles. The van der Waals surface area contributed by atoms with Crippen molar-refractivity contribution in [3.8, 4) is 6.07 Å². The number of halogens is 1. The van der Waals surface area contributed by atoms with Crippen LogP contribution in [0.15, 0.2) is 50.9 Å². The van der Waals surface area contributed by atoms with E-state index >= 15 is 0 Å². The number of nitrogens with zero attached hydrogens (tertiary/aromatic N) is 3. The van der Waals surface area contributed by atoms with Crippen LogP contribution >= 0.6 is 27.7 Å². The van der Waals surface area contributed by atoms with E-state index in [9.17, 15) is 10.1 Å². The van der Waals surface area contributed by atoms with E-state index in [1.165, 1.54) is 23.9 Å². The van der Waals surface area contributed by atoms with Crippen molar-refractivity contribution < 1.29 is 4.92 Å². The predicted octanol–water partition coefficient (Wildman–Crippen LogP) is 3.78. The zero-order chi connectivity index (χ0) is 13.8. The van der Waals surface area contributed by atoms with Gasteiger partial charge in [-0.05, 0) is 34.1 Å². The molecule has 0 N–H and O–H groups in total. The summed E-state index contributed by atoms with van der Waals surface area (Å²) >= 11 is 4.65. The minimum atomic E-state index is -0.522. The van der Waals surface area contributed by atoms with E-state index in [0.717, 1.165) is 4.47 Å². The first-order valence-electron chi connectivity index (χ1n) is 5.08. The van der Waals surface area contributed by atoms with Crippen molar-refractivity contribution in [2.75, 3.05) is 0 Å². The van der Waals surface area contributed by atoms with Gasteiger partial charge in [0.25, 0.3) is 5.69 Å². The third kappa shape index (κ3) is 3.10. The van der Waals surface area contributed by atoms with E-state index in [-0.39, 0.29) is 11.3 Å². The van der Waals surface area contributed by atoms with Crippen LogP contribution in [0, 0.1) is 21.4 Å². The number of aromatic nitrogens is 1. The summed E-state index contributed by atoms with van der Waals surface area (Å²) in [5.74, 6) is 0. The van der Waals surface area contributed by atoms with Crippen LogP contribution in [-0.2, 0) is 0 Å². The largest absolute Gasteiger partial charge is 0.270 e. The summed E-state index contributed by atoms with van der Waals surface area (Å²) in [7, 11) is 0. The zero-order valence-corrected chi connectivity index (χ0v) is 11.8. The van der Waals surface area contributed by atoms with Crippen LogP contribution in [0.3, 0.4) is 0 Å². The molecule has 0 aliphatic rings. The molecule has 5 nitrogen and oxygen atoms in total. The molecule has 7 heteroatoms. The molecule has 0 saturated carbocycles. The van der Waals surface area contributed by atoms with Crippen molar-refractivity contribution in [1.82, 2.24) is 4.98 Å². The van der Waals surface area contributed by atoms with Crippen molar-refractivity contribution in [3.05, 3.63) is 56.7 Å². The Morgan fingerprint density at radius 3 is 2.84 bits per heavy atom. The fraction of sp³-hybridized carbons (Fsp3) is 0. The Bertz CT molecular complexity index is 685. The van der Waals surface area contributed by atoms with Gasteiger partial charge in [0.2, 0.25) is 0 Å². The van der Waals surface area contributed by atoms with Gasteiger partial charge in [0.1, 0.15) is 11.1 Å². The second-order valence-electron chi connectivity index (χ2n) is 3.44. The topological polar surface area (TPSA) is 79.8 Å². The lowest BCUT2D eigenvalue weighted by atomic mass is 10.2. The number of nitro benzene ring substituents is 1. The van der Waals surface area contributed by atoms with Crippen LogP contribution in [-0.4, -0.2) is 9.91 Å². The number of hydrogen-bond donors (Lipinski definition) is 0. The number of nitro groups is 1. The molecule has 2 rings (SSSR count). The highest BCUT2D eigenvalue weighted by molar-refractivity contribution is 9.10. The van der Waals surface area contributed by atoms with E-state index in [2.05, 4.69) is 20.9 Å². The Kier molecular flexibility index (Phi) is 4.14. The summed E-state index contributed by atoms with van der Waals surface area (Å²) in [6, 6.07) is 9.79. The van der Waals surface area contributed by atoms with Gasteiger partial charge < -0.3 is 0 Å². The zero-order valence-electron chi connectivity index (χ0n) is 9.41. The van der Waals surface area contributed by atoms with Gasteiger partial charge in [-0.15, -0.1) is 0 Å². The molecular weight excluding hydrogens is 330 g/mol. The summed E-state index contributed by atoms with van der Waals surface area (Å²) in [4.78, 5) is 15.0. The summed E-state index contributed by atoms with van der Waals surface area (Å²) in [5, 5.41) is 20.4. The average molecular weight is 336 g/mol. The van der Waals surface area contributed by atoms with Crippen LogP contribution in [0.4, 0.5) is 5.69 Å². The highest BCUT2D eigenvalue weighted by Crippen LogP contribution is 2.34. The molecule has 0 fully saturated rings. The molecule has 2 aromatic rings. The monoisotopic (exact) mass is 335 g/mol. The molecule has 0 amide bonds. The SMILES string of the molecule is N#Cc1cc([N+](=O)[O-])ccc1Sc1ncccc1Br. The lowest BCUT2D eigenvalue weighted by molar-refractivity contribution is -0.384. The van der Waals surface area contributed by atoms with E-state index in [1.54, 1.807) is 18.3 Å². The number of hydrogen-bond acceptors (Lipinski definition) is 5. The third-order valence-electron chi connectivity index (χ3n) is 2.23. The fourth-order valence-corrected chi connectivity index (χ4v) is 2.69. The number of nitriles is 1. The van der Waals surface area contributed by atoms with Crippen LogP contribution in [0.1, 0.15) is 5.56 Å². The quantitative estimate of drug-likeness (QED) is 0.629. The summed E-state index contributed by atoms with van der Waals surface area (Å²) in [6.45, 7) is 0. The van der Waals surface area contributed by atoms with Gasteiger partial charge in [-0.1, -0.05) is 11.8 Å². The van der Waals surface area contributed by atoms with Crippen LogP contribution in [0.2, 0.25) is 0 Å². The lowest BCUT2D eigenvalue weighted by Crippen LogP contribution is -1.90. The third-order valence-corrected chi connectivity index (χ3v) is 4.22. The summed E-state index contributed by atoms with van der Waals surface area (Å²) in [6.07, 6.45) is 1.64. The van der Waals surface area contributed by atoms with Crippen LogP contribution in [0.5, 0.6) is 0 Å². The van der Waals surface area contributed by atoms with Gasteiger partial charge in [-0.25, -0.2) is 4.98 Å². The van der Waals surface area contributed by atoms with Gasteiger partial charge in [0.05, 0.1) is 15.0 Å². The predicted molar refractivity (Wildman–Crippen MR) is 73.9 cm³/mol. The molecule has 0 aliphatic heterocycles. The molecule has 1 aromatic carbocycles. The molecule has 1 heterocycles. The molecule has 0 atom stereocenters. The molecule has 0 spiro atoms. The maximum atomic E-state index is 10.7. The van der Waals surface area contributed by atoms with Gasteiger partial charge in [0.15, 0.2) is 0 Å². The first kappa shape index (κ1) is 13.5. The van der Waals surface area contributed by atoms with Crippen molar-refractivity contribution in [3.63, 3.8) is 0 Å². The van der Waals surface area contributed by atoms with Gasteiger partial charge in [0, 0.05) is 23.2 Å². The van der Waals surface area contributed by atoms with Crippen molar-refractivity contribution >= 4 is 33.4 Å². The molecule has 0 radical (unpaired) electrons. The first-order chi connectivity index (χ1) is 9.11. The Balaban J connectivity index is 2.39. The second-order valence-corrected chi connectivity index (χ2v) is 5.33. The van der Waals surface area contributed by atoms with E-state index in [1.807, 2.05) is 12.1 Å². The highest BCUT2D eigenvalue weighted by atomic mass is 79.9. The number of non-ortho nitro benzene ring substituents is 1. The molecule has 0 unspecified atom stereocenters. The van der Waals surface area contributed by atoms with E-state index in [0.29, 0.717) is 9.92 Å². The van der Waals surface area contributed by atoms with E-state index in [4.69, 9.17) is 5.26 Å². The van der Waals surface area contributed by atoms with Gasteiger partial charge >= 0.3 is 0 Å². The van der Waals surface area contributed by atoms with Crippen molar-refractivity contribution in [2.24, 2.45) is 0 Å². The van der Waals surface area contributed by atoms with E-state index < -0.39 is 4.92 Å². The van der Waals surface area contributed by atoms with Gasteiger partial charge in [-0.2, -0.15) is 5.26 Å². The first-order valence-corrected chi connectivity index (χ1v) is 6.69. The fourth-order valence-electron chi connectivity index (χ4n) is 1.36. The minimum absolute atomic E-state index is 0.0963. The highest BCUT2D eigenvalue weighted by Gasteiger charge is 2.13. The molecule has 94 valence electrons. The van der Waals surface area contributed by atoms with Crippen LogP contribution in [0.25, 0.3) is 0 Å². The number of pyridine rings is 1. The van der Waals surface area contributed by atoms with Crippen LogP contribution < -0.4 is 0 Å². The Labute approximate surface area is 121 Å². The maximum Gasteiger partial charge on any atom is 0.270 e. The minimum Gasteiger partial charge on any atom is -0.258 e. The van der Waals surface area contributed by atoms with Crippen molar-refractivity contribution in [1.29, 1.82) is 5.26 Å². The molecule has 0 saturated heterocycles. The smallest absolute Gasteiger partial charge is 0.258 e. The second kappa shape index (κ2) is 5.82. The number of rotatable bonds is 3.